The number of ketones is 1. The van der Waals surface area contributed by atoms with E-state index in [9.17, 15) is 4.79 Å². The molecule has 3 atom stereocenters. The van der Waals surface area contributed by atoms with Crippen LogP contribution in [0.4, 0.5) is 0 Å². The molecule has 2 aliphatic rings. The summed E-state index contributed by atoms with van der Waals surface area (Å²) in [5, 5.41) is 7.25. The third-order valence-electron chi connectivity index (χ3n) is 6.61. The van der Waals surface area contributed by atoms with Gasteiger partial charge in [-0.25, -0.2) is 0 Å². The van der Waals surface area contributed by atoms with Crippen LogP contribution in [0.1, 0.15) is 45.6 Å². The number of hydrogen-bond acceptors (Lipinski definition) is 4. The second kappa shape index (κ2) is 8.64. The molecule has 4 aromatic carbocycles. The van der Waals surface area contributed by atoms with Crippen molar-refractivity contribution < 1.29 is 9.53 Å². The Labute approximate surface area is 199 Å². The second-order valence-corrected chi connectivity index (χ2v) is 8.67. The van der Waals surface area contributed by atoms with Crippen LogP contribution in [0.2, 0.25) is 0 Å². The minimum Gasteiger partial charge on any atom is -0.479 e. The van der Waals surface area contributed by atoms with E-state index in [2.05, 4.69) is 47.5 Å². The van der Waals surface area contributed by atoms with Crippen LogP contribution in [0.25, 0.3) is 0 Å². The first-order valence-corrected chi connectivity index (χ1v) is 11.6. The first-order chi connectivity index (χ1) is 16.8. The minimum absolute atomic E-state index is 0.00207. The highest BCUT2D eigenvalue weighted by Crippen LogP contribution is 2.47. The van der Waals surface area contributed by atoms with Crippen molar-refractivity contribution in [3.63, 3.8) is 0 Å². The summed E-state index contributed by atoms with van der Waals surface area (Å²) in [7, 11) is 0. The van der Waals surface area contributed by atoms with E-state index >= 15 is 0 Å². The summed E-state index contributed by atoms with van der Waals surface area (Å²) in [6.45, 7) is 0. The van der Waals surface area contributed by atoms with Crippen molar-refractivity contribution in [2.45, 2.75) is 24.6 Å². The number of Topliss-reactive ketones (excluding diaryl/α,β-unsaturated/α-hetero) is 1. The van der Waals surface area contributed by atoms with E-state index in [-0.39, 0.29) is 17.9 Å². The fourth-order valence-corrected chi connectivity index (χ4v) is 4.98. The third kappa shape index (κ3) is 3.57. The van der Waals surface area contributed by atoms with Crippen LogP contribution in [0.5, 0.6) is 5.75 Å². The van der Waals surface area contributed by atoms with Crippen molar-refractivity contribution in [2.75, 3.05) is 0 Å². The smallest absolute Gasteiger partial charge is 0.205 e. The summed E-state index contributed by atoms with van der Waals surface area (Å²) in [5.41, 5.74) is 4.94. The molecule has 0 saturated carbocycles. The molecule has 0 N–H and O–H groups in total. The van der Waals surface area contributed by atoms with Crippen molar-refractivity contribution in [2.24, 2.45) is 5.10 Å². The molecular weight excluding hydrogens is 420 g/mol. The highest BCUT2D eigenvalue weighted by molar-refractivity contribution is 6.02. The maximum atomic E-state index is 13.7. The number of ether oxygens (including phenoxy) is 1. The predicted octanol–water partition coefficient (Wildman–Crippen LogP) is 6.22. The monoisotopic (exact) mass is 444 g/mol. The summed E-state index contributed by atoms with van der Waals surface area (Å²) >= 11 is 0. The van der Waals surface area contributed by atoms with Crippen molar-refractivity contribution in [1.82, 2.24) is 5.01 Å². The molecule has 6 rings (SSSR count). The zero-order chi connectivity index (χ0) is 22.9. The number of carbonyl (C=O) groups excluding carboxylic acids is 1. The van der Waals surface area contributed by atoms with Crippen molar-refractivity contribution >= 4 is 11.5 Å². The lowest BCUT2D eigenvalue weighted by molar-refractivity contribution is 0.0538. The Bertz CT molecular complexity index is 1340. The maximum Gasteiger partial charge on any atom is 0.205 e. The molecular formula is C30H24N2O2. The first kappa shape index (κ1) is 20.4. The van der Waals surface area contributed by atoms with E-state index in [1.54, 1.807) is 0 Å². The minimum atomic E-state index is -0.676. The number of hydrogen-bond donors (Lipinski definition) is 0. The molecule has 166 valence electrons. The number of carbonyl (C=O) groups is 1. The van der Waals surface area contributed by atoms with Gasteiger partial charge in [-0.2, -0.15) is 5.10 Å². The van der Waals surface area contributed by atoms with Crippen molar-refractivity contribution in [3.8, 4) is 5.75 Å². The van der Waals surface area contributed by atoms with Gasteiger partial charge in [0.1, 0.15) is 11.8 Å². The molecule has 0 bridgehead atoms. The molecule has 3 unspecified atom stereocenters. The van der Waals surface area contributed by atoms with Crippen molar-refractivity contribution in [3.05, 3.63) is 138 Å². The zero-order valence-corrected chi connectivity index (χ0v) is 18.6. The highest BCUT2D eigenvalue weighted by atomic mass is 16.5. The Morgan fingerprint density at radius 1 is 0.765 bits per heavy atom. The standard InChI is InChI=1S/C30H24N2O2/c33-29(23-16-8-3-9-17-23)30-28(24-18-10-11-19-27(24)34-30)32-26(22-14-6-2-7-15-22)20-25(31-32)21-12-4-1-5-13-21/h1-19,26,28,30H,20H2. The Morgan fingerprint density at radius 2 is 1.38 bits per heavy atom. The van der Waals surface area contributed by atoms with E-state index in [0.717, 1.165) is 29.0 Å². The molecule has 0 fully saturated rings. The van der Waals surface area contributed by atoms with Crippen LogP contribution in [-0.4, -0.2) is 22.6 Å². The van der Waals surface area contributed by atoms with Gasteiger partial charge in [0.05, 0.1) is 11.8 Å². The normalized spacial score (nSPS) is 21.0. The van der Waals surface area contributed by atoms with E-state index in [1.165, 1.54) is 5.56 Å². The fourth-order valence-electron chi connectivity index (χ4n) is 4.98. The van der Waals surface area contributed by atoms with Crippen LogP contribution in [-0.2, 0) is 0 Å². The van der Waals surface area contributed by atoms with Crippen LogP contribution in [0.3, 0.4) is 0 Å². The maximum absolute atomic E-state index is 13.7. The van der Waals surface area contributed by atoms with Gasteiger partial charge in [-0.3, -0.25) is 9.80 Å². The van der Waals surface area contributed by atoms with E-state index < -0.39 is 6.10 Å². The predicted molar refractivity (Wildman–Crippen MR) is 133 cm³/mol. The molecule has 0 amide bonds. The largest absolute Gasteiger partial charge is 0.479 e. The van der Waals surface area contributed by atoms with Gasteiger partial charge in [0.2, 0.25) is 5.78 Å². The zero-order valence-electron chi connectivity index (χ0n) is 18.6. The summed E-state index contributed by atoms with van der Waals surface area (Å²) in [6, 6.07) is 37.7. The van der Waals surface area contributed by atoms with Gasteiger partial charge in [-0.05, 0) is 17.2 Å². The fraction of sp³-hybridized carbons (Fsp3) is 0.133. The van der Waals surface area contributed by atoms with Gasteiger partial charge < -0.3 is 4.74 Å². The van der Waals surface area contributed by atoms with Gasteiger partial charge in [-0.15, -0.1) is 0 Å². The third-order valence-corrected chi connectivity index (χ3v) is 6.61. The summed E-state index contributed by atoms with van der Waals surface area (Å²) < 4.78 is 6.31. The number of benzene rings is 4. The van der Waals surface area contributed by atoms with Crippen LogP contribution < -0.4 is 4.74 Å². The number of hydrazone groups is 1. The van der Waals surface area contributed by atoms with Gasteiger partial charge in [0, 0.05) is 17.5 Å². The first-order valence-electron chi connectivity index (χ1n) is 11.6. The van der Waals surface area contributed by atoms with Crippen LogP contribution in [0.15, 0.2) is 120 Å². The second-order valence-electron chi connectivity index (χ2n) is 8.67. The van der Waals surface area contributed by atoms with Gasteiger partial charge >= 0.3 is 0 Å². The Morgan fingerprint density at radius 3 is 2.12 bits per heavy atom. The summed E-state index contributed by atoms with van der Waals surface area (Å²) in [6.07, 6.45) is 0.0868. The molecule has 4 heteroatoms. The van der Waals surface area contributed by atoms with Crippen LogP contribution in [0, 0.1) is 0 Å². The summed E-state index contributed by atoms with van der Waals surface area (Å²) in [5.74, 6) is 0.717. The lowest BCUT2D eigenvalue weighted by Gasteiger charge is -2.32. The number of fused-ring (bicyclic) bond motifs is 1. The van der Waals surface area contributed by atoms with Gasteiger partial charge in [-0.1, -0.05) is 109 Å². The quantitative estimate of drug-likeness (QED) is 0.343. The van der Waals surface area contributed by atoms with E-state index in [1.807, 2.05) is 72.8 Å². The average molecular weight is 445 g/mol. The molecule has 0 radical (unpaired) electrons. The topological polar surface area (TPSA) is 41.9 Å². The molecule has 0 saturated heterocycles. The molecule has 2 heterocycles. The number of rotatable bonds is 5. The molecule has 34 heavy (non-hydrogen) atoms. The van der Waals surface area contributed by atoms with Crippen molar-refractivity contribution in [1.29, 1.82) is 0 Å². The van der Waals surface area contributed by atoms with Crippen LogP contribution >= 0.6 is 0 Å². The Kier molecular flexibility index (Phi) is 5.19. The lowest BCUT2D eigenvalue weighted by atomic mass is 9.93. The molecule has 0 spiro atoms. The highest BCUT2D eigenvalue weighted by Gasteiger charge is 2.47. The van der Waals surface area contributed by atoms with Gasteiger partial charge in [0.15, 0.2) is 6.10 Å². The Hall–Kier alpha value is -4.18. The molecule has 4 nitrogen and oxygen atoms in total. The molecule has 4 aromatic rings. The number of nitrogens with zero attached hydrogens (tertiary/aromatic N) is 2. The van der Waals surface area contributed by atoms with E-state index in [4.69, 9.17) is 9.84 Å². The molecule has 0 aromatic heterocycles. The van der Waals surface area contributed by atoms with Gasteiger partial charge in [0.25, 0.3) is 0 Å². The summed E-state index contributed by atoms with van der Waals surface area (Å²) in [4.78, 5) is 13.7. The Balaban J connectivity index is 1.47. The average Bonchev–Trinajstić information content (AvgIpc) is 3.52. The molecule has 2 aliphatic heterocycles. The lowest BCUT2D eigenvalue weighted by Crippen LogP contribution is -2.38. The number of para-hydroxylation sites is 1. The molecule has 0 aliphatic carbocycles. The SMILES string of the molecule is O=C(c1ccccc1)C1Oc2ccccc2C1N1N=C(c2ccccc2)CC1c1ccccc1. The van der Waals surface area contributed by atoms with E-state index in [0.29, 0.717) is 5.56 Å².